The highest BCUT2D eigenvalue weighted by Crippen LogP contribution is 2.27. The number of rotatable bonds is 7. The number of hydrogen-bond acceptors (Lipinski definition) is 4. The summed E-state index contributed by atoms with van der Waals surface area (Å²) in [5.41, 5.74) is 3.08. The van der Waals surface area contributed by atoms with Crippen LogP contribution in [-0.4, -0.2) is 18.2 Å². The van der Waals surface area contributed by atoms with E-state index in [1.54, 1.807) is 43.5 Å². The quantitative estimate of drug-likeness (QED) is 0.458. The third-order valence-corrected chi connectivity index (χ3v) is 3.46. The molecule has 1 N–H and O–H groups in total. The molecule has 7 heteroatoms. The summed E-state index contributed by atoms with van der Waals surface area (Å²) in [7, 11) is 0. The first-order chi connectivity index (χ1) is 11.1. The minimum Gasteiger partial charge on any atom is -0.492 e. The molecule has 2 rings (SSSR count). The lowest BCUT2D eigenvalue weighted by atomic mass is 10.3. The van der Waals surface area contributed by atoms with E-state index >= 15 is 0 Å². The van der Waals surface area contributed by atoms with Gasteiger partial charge in [0.05, 0.1) is 17.9 Å². The fraction of sp³-hybridized carbons (Fsp3) is 0.250. The molecule has 0 atom stereocenters. The maximum atomic E-state index is 11.7. The van der Waals surface area contributed by atoms with Crippen LogP contribution in [0.3, 0.4) is 0 Å². The number of benzene rings is 1. The molecule has 0 aliphatic carbocycles. The molecule has 5 nitrogen and oxygen atoms in total. The molecule has 1 heterocycles. The van der Waals surface area contributed by atoms with Gasteiger partial charge in [0, 0.05) is 11.4 Å². The van der Waals surface area contributed by atoms with Crippen molar-refractivity contribution < 1.29 is 13.9 Å². The van der Waals surface area contributed by atoms with Crippen molar-refractivity contribution in [3.05, 3.63) is 52.4 Å². The van der Waals surface area contributed by atoms with Crippen molar-refractivity contribution in [1.29, 1.82) is 0 Å². The third kappa shape index (κ3) is 5.62. The predicted molar refractivity (Wildman–Crippen MR) is 90.3 cm³/mol. The number of halogens is 2. The summed E-state index contributed by atoms with van der Waals surface area (Å²) < 4.78 is 10.7. The molecule has 0 fully saturated rings. The van der Waals surface area contributed by atoms with Gasteiger partial charge in [0.1, 0.15) is 17.2 Å². The maximum Gasteiger partial charge on any atom is 0.240 e. The molecule has 2 aromatic rings. The summed E-state index contributed by atoms with van der Waals surface area (Å²) >= 11 is 11.8. The molecule has 0 bridgehead atoms. The van der Waals surface area contributed by atoms with Gasteiger partial charge in [0.25, 0.3) is 0 Å². The monoisotopic (exact) mass is 354 g/mol. The maximum absolute atomic E-state index is 11.7. The van der Waals surface area contributed by atoms with E-state index in [4.69, 9.17) is 32.4 Å². The van der Waals surface area contributed by atoms with Crippen LogP contribution in [0.1, 0.15) is 25.5 Å². The van der Waals surface area contributed by atoms with Crippen molar-refractivity contribution in [2.24, 2.45) is 5.10 Å². The Bertz CT molecular complexity index is 685. The molecule has 1 aromatic heterocycles. The van der Waals surface area contributed by atoms with Crippen molar-refractivity contribution in [1.82, 2.24) is 5.43 Å². The minimum absolute atomic E-state index is 0.193. The Balaban J connectivity index is 1.70. The predicted octanol–water partition coefficient (Wildman–Crippen LogP) is 4.29. The molecular weight excluding hydrogens is 339 g/mol. The smallest absolute Gasteiger partial charge is 0.240 e. The fourth-order valence-electron chi connectivity index (χ4n) is 1.75. The zero-order valence-electron chi connectivity index (χ0n) is 12.5. The molecule has 0 saturated carbocycles. The van der Waals surface area contributed by atoms with Gasteiger partial charge in [0.15, 0.2) is 0 Å². The standard InChI is InChI=1S/C16H16Cl2N2O3/c1-11(14-4-2-8-22-14)19-20-16(21)5-3-9-23-15-7-6-12(17)10-13(15)18/h2,4,6-8,10H,3,5,9H2,1H3,(H,20,21)/b19-11+. The van der Waals surface area contributed by atoms with Crippen LogP contribution in [0.15, 0.2) is 46.1 Å². The van der Waals surface area contributed by atoms with E-state index in [0.717, 1.165) is 0 Å². The largest absolute Gasteiger partial charge is 0.492 e. The summed E-state index contributed by atoms with van der Waals surface area (Å²) in [6.45, 7) is 2.13. The molecule has 0 radical (unpaired) electrons. The molecule has 0 unspecified atom stereocenters. The molecule has 0 saturated heterocycles. The van der Waals surface area contributed by atoms with E-state index < -0.39 is 0 Å². The van der Waals surface area contributed by atoms with Crippen LogP contribution in [0.25, 0.3) is 0 Å². The number of carbonyl (C=O) groups is 1. The second-order valence-corrected chi connectivity index (χ2v) is 5.58. The lowest BCUT2D eigenvalue weighted by molar-refractivity contribution is -0.121. The van der Waals surface area contributed by atoms with Gasteiger partial charge in [0.2, 0.25) is 5.91 Å². The van der Waals surface area contributed by atoms with Gasteiger partial charge in [-0.05, 0) is 43.7 Å². The molecular formula is C16H16Cl2N2O3. The molecule has 23 heavy (non-hydrogen) atoms. The SMILES string of the molecule is C/C(=N\NC(=O)CCCOc1ccc(Cl)cc1Cl)c1ccco1. The Hall–Kier alpha value is -1.98. The Morgan fingerprint density at radius 3 is 2.87 bits per heavy atom. The summed E-state index contributed by atoms with van der Waals surface area (Å²) in [4.78, 5) is 11.7. The molecule has 1 amide bonds. The van der Waals surface area contributed by atoms with E-state index in [9.17, 15) is 4.79 Å². The van der Waals surface area contributed by atoms with Crippen LogP contribution >= 0.6 is 23.2 Å². The van der Waals surface area contributed by atoms with Crippen LogP contribution in [0.5, 0.6) is 5.75 Å². The van der Waals surface area contributed by atoms with Gasteiger partial charge in [-0.25, -0.2) is 5.43 Å². The average molecular weight is 355 g/mol. The van der Waals surface area contributed by atoms with Crippen LogP contribution < -0.4 is 10.2 Å². The van der Waals surface area contributed by atoms with Gasteiger partial charge >= 0.3 is 0 Å². The highest BCUT2D eigenvalue weighted by atomic mass is 35.5. The highest BCUT2D eigenvalue weighted by Gasteiger charge is 2.05. The number of nitrogens with one attached hydrogen (secondary N) is 1. The summed E-state index contributed by atoms with van der Waals surface area (Å²) in [5.74, 6) is 0.968. The van der Waals surface area contributed by atoms with Crippen LogP contribution in [-0.2, 0) is 4.79 Å². The molecule has 122 valence electrons. The molecule has 0 spiro atoms. The number of carbonyl (C=O) groups excluding carboxylic acids is 1. The first kappa shape index (κ1) is 17.4. The van der Waals surface area contributed by atoms with Crippen molar-refractivity contribution in [3.63, 3.8) is 0 Å². The normalized spacial score (nSPS) is 11.3. The summed E-state index contributed by atoms with van der Waals surface area (Å²) in [6.07, 6.45) is 2.38. The summed E-state index contributed by atoms with van der Waals surface area (Å²) in [5, 5.41) is 4.97. The van der Waals surface area contributed by atoms with Gasteiger partial charge in [-0.15, -0.1) is 0 Å². The Morgan fingerprint density at radius 1 is 1.35 bits per heavy atom. The number of amides is 1. The van der Waals surface area contributed by atoms with E-state index in [2.05, 4.69) is 10.5 Å². The summed E-state index contributed by atoms with van der Waals surface area (Å²) in [6, 6.07) is 8.53. The van der Waals surface area contributed by atoms with Crippen LogP contribution in [0.2, 0.25) is 10.0 Å². The number of nitrogens with zero attached hydrogens (tertiary/aromatic N) is 1. The first-order valence-corrected chi connectivity index (χ1v) is 7.76. The van der Waals surface area contributed by atoms with E-state index in [-0.39, 0.29) is 5.91 Å². The van der Waals surface area contributed by atoms with Gasteiger partial charge in [-0.1, -0.05) is 23.2 Å². The molecule has 0 aliphatic rings. The van der Waals surface area contributed by atoms with Crippen molar-refractivity contribution in [3.8, 4) is 5.75 Å². The zero-order valence-corrected chi connectivity index (χ0v) is 14.0. The third-order valence-electron chi connectivity index (χ3n) is 2.93. The number of ether oxygens (including phenoxy) is 1. The molecule has 0 aliphatic heterocycles. The van der Waals surface area contributed by atoms with Crippen molar-refractivity contribution in [2.75, 3.05) is 6.61 Å². The van der Waals surface area contributed by atoms with Crippen LogP contribution in [0, 0.1) is 0 Å². The van der Waals surface area contributed by atoms with Crippen LogP contribution in [0.4, 0.5) is 0 Å². The Labute approximate surface area is 144 Å². The lowest BCUT2D eigenvalue weighted by Gasteiger charge is -2.07. The van der Waals surface area contributed by atoms with Crippen molar-refractivity contribution >= 4 is 34.8 Å². The second kappa shape index (κ2) is 8.60. The molecule has 1 aromatic carbocycles. The van der Waals surface area contributed by atoms with Crippen molar-refractivity contribution in [2.45, 2.75) is 19.8 Å². The second-order valence-electron chi connectivity index (χ2n) is 4.74. The van der Waals surface area contributed by atoms with E-state index in [1.165, 1.54) is 0 Å². The average Bonchev–Trinajstić information content (AvgIpc) is 3.05. The zero-order chi connectivity index (χ0) is 16.7. The van der Waals surface area contributed by atoms with Gasteiger partial charge in [-0.2, -0.15) is 5.10 Å². The Kier molecular flexibility index (Phi) is 6.50. The fourth-order valence-corrected chi connectivity index (χ4v) is 2.21. The number of hydrogen-bond donors (Lipinski definition) is 1. The lowest BCUT2D eigenvalue weighted by Crippen LogP contribution is -2.19. The van der Waals surface area contributed by atoms with E-state index in [0.29, 0.717) is 46.7 Å². The minimum atomic E-state index is -0.193. The van der Waals surface area contributed by atoms with Gasteiger partial charge < -0.3 is 9.15 Å². The van der Waals surface area contributed by atoms with E-state index in [1.807, 2.05) is 0 Å². The Morgan fingerprint density at radius 2 is 2.17 bits per heavy atom. The first-order valence-electron chi connectivity index (χ1n) is 7.01. The number of hydrazone groups is 1. The topological polar surface area (TPSA) is 63.8 Å². The van der Waals surface area contributed by atoms with Gasteiger partial charge in [-0.3, -0.25) is 4.79 Å². The highest BCUT2D eigenvalue weighted by molar-refractivity contribution is 6.35. The number of furan rings is 1.